The van der Waals surface area contributed by atoms with E-state index in [1.165, 1.54) is 16.8 Å². The Kier molecular flexibility index (Phi) is 4.14. The van der Waals surface area contributed by atoms with Crippen LogP contribution < -0.4 is 4.74 Å². The number of benzene rings is 2. The summed E-state index contributed by atoms with van der Waals surface area (Å²) in [6.07, 6.45) is 0.609. The first-order valence-corrected chi connectivity index (χ1v) is 7.13. The third-order valence-electron chi connectivity index (χ3n) is 3.30. The fourth-order valence-corrected chi connectivity index (χ4v) is 2.31. The summed E-state index contributed by atoms with van der Waals surface area (Å²) in [5, 5.41) is 7.88. The second-order valence-corrected chi connectivity index (χ2v) is 4.79. The van der Waals surface area contributed by atoms with Gasteiger partial charge in [0.05, 0.1) is 12.3 Å². The van der Waals surface area contributed by atoms with Crippen LogP contribution in [0, 0.1) is 5.82 Å². The summed E-state index contributed by atoms with van der Waals surface area (Å²) in [6.45, 7) is 2.48. The second kappa shape index (κ2) is 6.39. The number of nitrogens with zero attached hydrogens (tertiary/aromatic N) is 3. The van der Waals surface area contributed by atoms with E-state index in [2.05, 4.69) is 10.3 Å². The summed E-state index contributed by atoms with van der Waals surface area (Å²) in [4.78, 5) is 11.2. The minimum Gasteiger partial charge on any atom is -0.494 e. The van der Waals surface area contributed by atoms with Gasteiger partial charge in [-0.15, -0.1) is 5.10 Å². The molecule has 0 fully saturated rings. The fourth-order valence-electron chi connectivity index (χ4n) is 2.31. The molecular weight excluding hydrogens is 297 g/mol. The van der Waals surface area contributed by atoms with Crippen molar-refractivity contribution < 1.29 is 13.9 Å². The number of carbonyl (C=O) groups is 1. The van der Waals surface area contributed by atoms with Crippen LogP contribution in [0.5, 0.6) is 5.75 Å². The Hall–Kier alpha value is -3.02. The van der Waals surface area contributed by atoms with E-state index in [0.717, 1.165) is 5.75 Å². The van der Waals surface area contributed by atoms with Crippen LogP contribution in [0.25, 0.3) is 16.9 Å². The zero-order valence-corrected chi connectivity index (χ0v) is 12.4. The molecule has 0 bridgehead atoms. The van der Waals surface area contributed by atoms with E-state index < -0.39 is 5.82 Å². The van der Waals surface area contributed by atoms with Crippen molar-refractivity contribution in [1.82, 2.24) is 15.0 Å². The molecule has 116 valence electrons. The summed E-state index contributed by atoms with van der Waals surface area (Å²) < 4.78 is 20.4. The van der Waals surface area contributed by atoms with E-state index in [1.54, 1.807) is 36.4 Å². The molecule has 3 rings (SSSR count). The molecule has 0 unspecified atom stereocenters. The maximum atomic E-state index is 13.5. The van der Waals surface area contributed by atoms with Crippen LogP contribution in [0.15, 0.2) is 48.5 Å². The van der Waals surface area contributed by atoms with Gasteiger partial charge in [0, 0.05) is 5.56 Å². The lowest BCUT2D eigenvalue weighted by Gasteiger charge is -2.08. The summed E-state index contributed by atoms with van der Waals surface area (Å²) in [5.74, 6) is 0.345. The highest BCUT2D eigenvalue weighted by Gasteiger charge is 2.16. The van der Waals surface area contributed by atoms with Crippen molar-refractivity contribution >= 4 is 6.29 Å². The number of aromatic nitrogens is 3. The highest BCUT2D eigenvalue weighted by molar-refractivity contribution is 5.84. The highest BCUT2D eigenvalue weighted by atomic mass is 19.1. The molecule has 3 aromatic rings. The smallest absolute Gasteiger partial charge is 0.172 e. The Morgan fingerprint density at radius 3 is 2.65 bits per heavy atom. The van der Waals surface area contributed by atoms with Gasteiger partial charge in [0.1, 0.15) is 17.3 Å². The summed E-state index contributed by atoms with van der Waals surface area (Å²) in [7, 11) is 0. The number of carbonyl (C=O) groups excluding carboxylic acids is 1. The Morgan fingerprint density at radius 1 is 1.22 bits per heavy atom. The molecule has 5 nitrogen and oxygen atoms in total. The van der Waals surface area contributed by atoms with Crippen LogP contribution >= 0.6 is 0 Å². The minimum atomic E-state index is -0.390. The minimum absolute atomic E-state index is 0.157. The normalized spacial score (nSPS) is 10.5. The van der Waals surface area contributed by atoms with Crippen LogP contribution in [-0.2, 0) is 0 Å². The van der Waals surface area contributed by atoms with Crippen molar-refractivity contribution in [2.45, 2.75) is 6.92 Å². The molecule has 23 heavy (non-hydrogen) atoms. The quantitative estimate of drug-likeness (QED) is 0.679. The van der Waals surface area contributed by atoms with Crippen LogP contribution in [-0.4, -0.2) is 27.9 Å². The summed E-state index contributed by atoms with van der Waals surface area (Å²) >= 11 is 0. The molecule has 2 aromatic carbocycles. The Morgan fingerprint density at radius 2 is 2.00 bits per heavy atom. The molecule has 0 aliphatic heterocycles. The average Bonchev–Trinajstić information content (AvgIpc) is 3.00. The summed E-state index contributed by atoms with van der Waals surface area (Å²) in [6, 6.07) is 13.2. The second-order valence-electron chi connectivity index (χ2n) is 4.79. The first-order chi connectivity index (χ1) is 11.2. The number of rotatable bonds is 5. The van der Waals surface area contributed by atoms with E-state index in [9.17, 15) is 9.18 Å². The van der Waals surface area contributed by atoms with Gasteiger partial charge < -0.3 is 4.74 Å². The van der Waals surface area contributed by atoms with Crippen molar-refractivity contribution in [3.8, 4) is 22.7 Å². The third kappa shape index (κ3) is 2.96. The monoisotopic (exact) mass is 311 g/mol. The molecule has 1 aromatic heterocycles. The molecule has 0 N–H and O–H groups in total. The first-order valence-electron chi connectivity index (χ1n) is 7.13. The topological polar surface area (TPSA) is 57.0 Å². The largest absolute Gasteiger partial charge is 0.494 e. The number of hydrogen-bond donors (Lipinski definition) is 0. The van der Waals surface area contributed by atoms with Crippen molar-refractivity contribution in [3.05, 3.63) is 60.0 Å². The maximum absolute atomic E-state index is 13.5. The van der Waals surface area contributed by atoms with Gasteiger partial charge in [-0.2, -0.15) is 0 Å². The zero-order valence-electron chi connectivity index (χ0n) is 12.4. The van der Waals surface area contributed by atoms with Gasteiger partial charge in [0.25, 0.3) is 0 Å². The molecule has 0 radical (unpaired) electrons. The van der Waals surface area contributed by atoms with E-state index >= 15 is 0 Å². The zero-order chi connectivity index (χ0) is 16.2. The molecule has 0 spiro atoms. The van der Waals surface area contributed by atoms with Crippen LogP contribution in [0.3, 0.4) is 0 Å². The standard InChI is InChI=1S/C17H14FN3O2/c1-2-23-15-8-6-14(7-9-15)21-17(16(11-22)19-20-21)12-4-3-5-13(18)10-12/h3-11H,2H2,1H3. The third-order valence-corrected chi connectivity index (χ3v) is 3.30. The Labute approximate surface area is 132 Å². The molecule has 0 amide bonds. The summed E-state index contributed by atoms with van der Waals surface area (Å²) in [5.41, 5.74) is 1.84. The van der Waals surface area contributed by atoms with Gasteiger partial charge in [-0.25, -0.2) is 9.07 Å². The first kappa shape index (κ1) is 14.9. The lowest BCUT2D eigenvalue weighted by molar-refractivity contribution is 0.111. The lowest BCUT2D eigenvalue weighted by Crippen LogP contribution is -2.01. The van der Waals surface area contributed by atoms with Crippen molar-refractivity contribution in [2.75, 3.05) is 6.61 Å². The predicted octanol–water partition coefficient (Wildman–Crippen LogP) is 3.28. The van der Waals surface area contributed by atoms with E-state index in [1.807, 2.05) is 6.92 Å². The molecule has 1 heterocycles. The highest BCUT2D eigenvalue weighted by Crippen LogP contribution is 2.26. The molecule has 0 saturated heterocycles. The molecule has 0 aliphatic rings. The maximum Gasteiger partial charge on any atom is 0.172 e. The van der Waals surface area contributed by atoms with E-state index in [4.69, 9.17) is 4.74 Å². The average molecular weight is 311 g/mol. The Bertz CT molecular complexity index is 828. The van der Waals surface area contributed by atoms with Gasteiger partial charge in [-0.3, -0.25) is 4.79 Å². The van der Waals surface area contributed by atoms with E-state index in [-0.39, 0.29) is 5.69 Å². The molecule has 0 saturated carbocycles. The molecule has 0 aliphatic carbocycles. The van der Waals surface area contributed by atoms with Gasteiger partial charge in [0.15, 0.2) is 12.0 Å². The number of hydrogen-bond acceptors (Lipinski definition) is 4. The van der Waals surface area contributed by atoms with Crippen molar-refractivity contribution in [1.29, 1.82) is 0 Å². The van der Waals surface area contributed by atoms with Gasteiger partial charge >= 0.3 is 0 Å². The lowest BCUT2D eigenvalue weighted by atomic mass is 10.1. The number of halogens is 1. The van der Waals surface area contributed by atoms with E-state index in [0.29, 0.717) is 29.8 Å². The number of ether oxygens (including phenoxy) is 1. The SMILES string of the molecule is CCOc1ccc(-n2nnc(C=O)c2-c2cccc(F)c2)cc1. The Balaban J connectivity index is 2.10. The number of aldehydes is 1. The van der Waals surface area contributed by atoms with Gasteiger partial charge in [-0.1, -0.05) is 17.3 Å². The fraction of sp³-hybridized carbons (Fsp3) is 0.118. The molecule has 6 heteroatoms. The predicted molar refractivity (Wildman–Crippen MR) is 83.3 cm³/mol. The van der Waals surface area contributed by atoms with Crippen LogP contribution in [0.4, 0.5) is 4.39 Å². The van der Waals surface area contributed by atoms with Crippen LogP contribution in [0.2, 0.25) is 0 Å². The molecular formula is C17H14FN3O2. The van der Waals surface area contributed by atoms with Gasteiger partial charge in [0.2, 0.25) is 0 Å². The molecule has 0 atom stereocenters. The van der Waals surface area contributed by atoms with Crippen molar-refractivity contribution in [2.24, 2.45) is 0 Å². The van der Waals surface area contributed by atoms with Crippen LogP contribution in [0.1, 0.15) is 17.4 Å². The van der Waals surface area contributed by atoms with Gasteiger partial charge in [-0.05, 0) is 43.3 Å². The van der Waals surface area contributed by atoms with Crippen molar-refractivity contribution in [3.63, 3.8) is 0 Å².